The SMILES string of the molecule is COc1c(NS(=O)(=O)c2ccc(Cl)cc2)cc(-c2ccc3ncnc(N4CCOCC4)c3c2)cc1C(N)=O. The molecule has 1 aliphatic heterocycles. The largest absolute Gasteiger partial charge is 0.494 e. The van der Waals surface area contributed by atoms with Gasteiger partial charge in [0.15, 0.2) is 5.75 Å². The predicted molar refractivity (Wildman–Crippen MR) is 145 cm³/mol. The number of amides is 1. The van der Waals surface area contributed by atoms with Gasteiger partial charge in [0.05, 0.1) is 42.0 Å². The van der Waals surface area contributed by atoms with Gasteiger partial charge in [0.2, 0.25) is 0 Å². The van der Waals surface area contributed by atoms with Crippen molar-refractivity contribution < 1.29 is 22.7 Å². The molecule has 0 saturated carbocycles. The molecule has 1 amide bonds. The lowest BCUT2D eigenvalue weighted by atomic mass is 9.99. The number of nitrogens with zero attached hydrogens (tertiary/aromatic N) is 3. The number of anilines is 2. The number of nitrogens with two attached hydrogens (primary N) is 1. The average molecular weight is 554 g/mol. The molecule has 0 spiro atoms. The Kier molecular flexibility index (Phi) is 7.06. The Balaban J connectivity index is 1.63. The first kappa shape index (κ1) is 25.7. The van der Waals surface area contributed by atoms with Crippen molar-refractivity contribution in [1.29, 1.82) is 0 Å². The smallest absolute Gasteiger partial charge is 0.262 e. The molecule has 1 aliphatic rings. The molecule has 5 rings (SSSR count). The number of morpholine rings is 1. The quantitative estimate of drug-likeness (QED) is 0.353. The van der Waals surface area contributed by atoms with E-state index in [1.54, 1.807) is 12.1 Å². The molecule has 1 saturated heterocycles. The minimum Gasteiger partial charge on any atom is -0.494 e. The van der Waals surface area contributed by atoms with Crippen LogP contribution >= 0.6 is 11.6 Å². The third-order valence-electron chi connectivity index (χ3n) is 6.19. The van der Waals surface area contributed by atoms with Crippen LogP contribution in [0, 0.1) is 0 Å². The van der Waals surface area contributed by atoms with E-state index in [2.05, 4.69) is 19.6 Å². The van der Waals surface area contributed by atoms with E-state index in [1.807, 2.05) is 18.2 Å². The Morgan fingerprint density at radius 2 is 1.79 bits per heavy atom. The van der Waals surface area contributed by atoms with Gasteiger partial charge in [-0.15, -0.1) is 0 Å². The van der Waals surface area contributed by atoms with Gasteiger partial charge in [-0.05, 0) is 59.7 Å². The Hall–Kier alpha value is -3.93. The molecule has 0 radical (unpaired) electrons. The number of ether oxygens (including phenoxy) is 2. The molecule has 3 N–H and O–H groups in total. The molecule has 1 fully saturated rings. The molecule has 0 bridgehead atoms. The summed E-state index contributed by atoms with van der Waals surface area (Å²) >= 11 is 5.91. The molecule has 196 valence electrons. The summed E-state index contributed by atoms with van der Waals surface area (Å²) in [4.78, 5) is 23.4. The van der Waals surface area contributed by atoms with Crippen LogP contribution in [0.5, 0.6) is 5.75 Å². The molecule has 0 unspecified atom stereocenters. The number of hydrogen-bond donors (Lipinski definition) is 2. The number of primary amides is 1. The number of rotatable bonds is 7. The third-order valence-corrected chi connectivity index (χ3v) is 7.82. The van der Waals surface area contributed by atoms with Crippen LogP contribution in [0.25, 0.3) is 22.0 Å². The first-order valence-corrected chi connectivity index (χ1v) is 13.5. The van der Waals surface area contributed by atoms with E-state index < -0.39 is 15.9 Å². The molecule has 0 atom stereocenters. The van der Waals surface area contributed by atoms with E-state index in [1.165, 1.54) is 37.7 Å². The zero-order valence-corrected chi connectivity index (χ0v) is 21.9. The van der Waals surface area contributed by atoms with E-state index in [9.17, 15) is 13.2 Å². The molecule has 4 aromatic rings. The summed E-state index contributed by atoms with van der Waals surface area (Å²) < 4.78 is 39.7. The lowest BCUT2D eigenvalue weighted by molar-refractivity contribution is 0.0997. The Bertz CT molecular complexity index is 1620. The van der Waals surface area contributed by atoms with Crippen LogP contribution < -0.4 is 20.1 Å². The first-order valence-electron chi connectivity index (χ1n) is 11.6. The molecular weight excluding hydrogens is 530 g/mol. The van der Waals surface area contributed by atoms with Crippen molar-refractivity contribution in [2.45, 2.75) is 4.90 Å². The van der Waals surface area contributed by atoms with Crippen LogP contribution in [0.3, 0.4) is 0 Å². The van der Waals surface area contributed by atoms with Gasteiger partial charge in [0.1, 0.15) is 12.1 Å². The van der Waals surface area contributed by atoms with E-state index in [4.69, 9.17) is 26.8 Å². The Morgan fingerprint density at radius 3 is 2.47 bits per heavy atom. The summed E-state index contributed by atoms with van der Waals surface area (Å²) in [7, 11) is -2.70. The molecule has 12 heteroatoms. The molecular formula is C26H24ClN5O5S. The highest BCUT2D eigenvalue weighted by Crippen LogP contribution is 2.37. The van der Waals surface area contributed by atoms with Gasteiger partial charge in [-0.25, -0.2) is 18.4 Å². The summed E-state index contributed by atoms with van der Waals surface area (Å²) in [5.41, 5.74) is 7.75. The summed E-state index contributed by atoms with van der Waals surface area (Å²) in [6.45, 7) is 2.59. The third kappa shape index (κ3) is 5.08. The highest BCUT2D eigenvalue weighted by atomic mass is 35.5. The molecule has 1 aromatic heterocycles. The van der Waals surface area contributed by atoms with E-state index in [0.717, 1.165) is 16.7 Å². The molecule has 38 heavy (non-hydrogen) atoms. The molecule has 2 heterocycles. The predicted octanol–water partition coefficient (Wildman–Crippen LogP) is 3.70. The maximum atomic E-state index is 13.1. The van der Waals surface area contributed by atoms with Crippen molar-refractivity contribution in [3.8, 4) is 16.9 Å². The zero-order chi connectivity index (χ0) is 26.9. The van der Waals surface area contributed by atoms with Crippen LogP contribution in [0.4, 0.5) is 11.5 Å². The van der Waals surface area contributed by atoms with Gasteiger partial charge in [0.25, 0.3) is 15.9 Å². The van der Waals surface area contributed by atoms with Crippen LogP contribution in [0.2, 0.25) is 5.02 Å². The number of sulfonamides is 1. The number of fused-ring (bicyclic) bond motifs is 1. The topological polar surface area (TPSA) is 137 Å². The minimum absolute atomic E-state index is 0.00649. The number of aromatic nitrogens is 2. The van der Waals surface area contributed by atoms with Crippen molar-refractivity contribution in [1.82, 2.24) is 9.97 Å². The van der Waals surface area contributed by atoms with Crippen LogP contribution in [-0.4, -0.2) is 57.7 Å². The van der Waals surface area contributed by atoms with Crippen LogP contribution in [0.15, 0.2) is 65.8 Å². The maximum absolute atomic E-state index is 13.1. The average Bonchev–Trinajstić information content (AvgIpc) is 2.92. The number of carbonyl (C=O) groups is 1. The number of benzene rings is 3. The number of hydrogen-bond acceptors (Lipinski definition) is 8. The first-order chi connectivity index (χ1) is 18.3. The molecule has 10 nitrogen and oxygen atoms in total. The fourth-order valence-electron chi connectivity index (χ4n) is 4.34. The van der Waals surface area contributed by atoms with Crippen LogP contribution in [0.1, 0.15) is 10.4 Å². The monoisotopic (exact) mass is 553 g/mol. The summed E-state index contributed by atoms with van der Waals surface area (Å²) in [5, 5.41) is 1.21. The number of carbonyl (C=O) groups excluding carboxylic acids is 1. The second-order valence-electron chi connectivity index (χ2n) is 8.56. The summed E-state index contributed by atoms with van der Waals surface area (Å²) in [5.74, 6) is 0.0122. The Labute approximate surface area is 224 Å². The van der Waals surface area contributed by atoms with E-state index in [0.29, 0.717) is 42.5 Å². The van der Waals surface area contributed by atoms with Gasteiger partial charge >= 0.3 is 0 Å². The normalized spacial score (nSPS) is 13.9. The Morgan fingerprint density at radius 1 is 1.05 bits per heavy atom. The number of halogens is 1. The van der Waals surface area contributed by atoms with Crippen molar-refractivity contribution in [2.75, 3.05) is 43.0 Å². The minimum atomic E-state index is -4.04. The second kappa shape index (κ2) is 10.4. The lowest BCUT2D eigenvalue weighted by Gasteiger charge is -2.28. The summed E-state index contributed by atoms with van der Waals surface area (Å²) in [6, 6.07) is 14.5. The number of methoxy groups -OCH3 is 1. The van der Waals surface area contributed by atoms with Gasteiger partial charge < -0.3 is 20.1 Å². The van der Waals surface area contributed by atoms with Crippen LogP contribution in [-0.2, 0) is 14.8 Å². The van der Waals surface area contributed by atoms with Crippen molar-refractivity contribution >= 4 is 49.9 Å². The number of nitrogens with one attached hydrogen (secondary N) is 1. The van der Waals surface area contributed by atoms with E-state index >= 15 is 0 Å². The molecule has 3 aromatic carbocycles. The fourth-order valence-corrected chi connectivity index (χ4v) is 5.52. The van der Waals surface area contributed by atoms with E-state index in [-0.39, 0.29) is 21.9 Å². The molecule has 0 aliphatic carbocycles. The van der Waals surface area contributed by atoms with Gasteiger partial charge in [-0.3, -0.25) is 9.52 Å². The van der Waals surface area contributed by atoms with Gasteiger partial charge in [-0.2, -0.15) is 0 Å². The second-order valence-corrected chi connectivity index (χ2v) is 10.7. The van der Waals surface area contributed by atoms with Crippen molar-refractivity contribution in [3.63, 3.8) is 0 Å². The highest BCUT2D eigenvalue weighted by Gasteiger charge is 2.23. The highest BCUT2D eigenvalue weighted by molar-refractivity contribution is 7.92. The summed E-state index contributed by atoms with van der Waals surface area (Å²) in [6.07, 6.45) is 1.52. The van der Waals surface area contributed by atoms with Gasteiger partial charge in [-0.1, -0.05) is 17.7 Å². The maximum Gasteiger partial charge on any atom is 0.262 e. The fraction of sp³-hybridized carbons (Fsp3) is 0.192. The van der Waals surface area contributed by atoms with Gasteiger partial charge in [0, 0.05) is 23.5 Å². The van der Waals surface area contributed by atoms with Crippen molar-refractivity contribution in [3.05, 3.63) is 71.5 Å². The zero-order valence-electron chi connectivity index (χ0n) is 20.3. The standard InChI is InChI=1S/C26H24ClN5O5S/c1-36-24-21(25(28)33)13-17(14-23(24)31-38(34,35)19-5-3-18(27)4-6-19)16-2-7-22-20(12-16)26(30-15-29-22)32-8-10-37-11-9-32/h2-7,12-15,31H,8-11H2,1H3,(H2,28,33). The lowest BCUT2D eigenvalue weighted by Crippen LogP contribution is -2.36. The van der Waals surface area contributed by atoms with Crippen molar-refractivity contribution in [2.24, 2.45) is 5.73 Å².